The maximum absolute atomic E-state index is 13.5. The minimum atomic E-state index is -2.09. The van der Waals surface area contributed by atoms with Crippen LogP contribution in [0.1, 0.15) is 5.56 Å². The van der Waals surface area contributed by atoms with Crippen LogP contribution in [0.5, 0.6) is 0 Å². The Morgan fingerprint density at radius 2 is 1.56 bits per heavy atom. The number of nitro benzene ring substituents is 1. The molecular formula is C7F4N3O2S2. The number of benzene rings is 1. The summed E-state index contributed by atoms with van der Waals surface area (Å²) in [7, 11) is 1.48. The summed E-state index contributed by atoms with van der Waals surface area (Å²) in [5.41, 5.74) is -3.04. The first-order valence-corrected chi connectivity index (χ1v) is 6.14. The minimum absolute atomic E-state index is 0.562. The monoisotopic (exact) mass is 298 g/mol. The lowest BCUT2D eigenvalue weighted by molar-refractivity contribution is -0.390. The zero-order valence-electron chi connectivity index (χ0n) is 7.99. The molecule has 0 spiro atoms. The second-order valence-corrected chi connectivity index (χ2v) is 4.45. The van der Waals surface area contributed by atoms with Gasteiger partial charge in [-0.05, 0) is 0 Å². The molecule has 2 rings (SSSR count). The van der Waals surface area contributed by atoms with E-state index in [4.69, 9.17) is 0 Å². The third-order valence-electron chi connectivity index (χ3n) is 1.93. The van der Waals surface area contributed by atoms with Gasteiger partial charge in [0.25, 0.3) is 0 Å². The van der Waals surface area contributed by atoms with Crippen LogP contribution < -0.4 is 4.72 Å². The van der Waals surface area contributed by atoms with Gasteiger partial charge in [0, 0.05) is 0 Å². The second-order valence-electron chi connectivity index (χ2n) is 2.89. The Labute approximate surface area is 104 Å². The highest BCUT2D eigenvalue weighted by molar-refractivity contribution is 8.76. The number of rotatable bonds is 2. The number of amidine groups is 1. The molecule has 0 unspecified atom stereocenters. The van der Waals surface area contributed by atoms with Crippen LogP contribution in [0.2, 0.25) is 0 Å². The summed E-state index contributed by atoms with van der Waals surface area (Å²) in [6.45, 7) is 0. The first-order chi connectivity index (χ1) is 8.45. The van der Waals surface area contributed by atoms with Crippen LogP contribution in [0.4, 0.5) is 23.2 Å². The Balaban J connectivity index is 2.74. The molecule has 0 N–H and O–H groups in total. The van der Waals surface area contributed by atoms with Crippen LogP contribution >= 0.6 is 22.0 Å². The predicted octanol–water partition coefficient (Wildman–Crippen LogP) is 2.73. The van der Waals surface area contributed by atoms with E-state index in [0.717, 1.165) is 22.0 Å². The van der Waals surface area contributed by atoms with Gasteiger partial charge < -0.3 is 0 Å². The lowest BCUT2D eigenvalue weighted by Crippen LogP contribution is -2.16. The minimum Gasteiger partial charge on any atom is -0.258 e. The SMILES string of the molecule is O=[N+]([O-])c1c(F)c(F)c(C2=NSS[N]2)c(F)c1F. The normalized spacial score (nSPS) is 14.3. The number of hydrogen-bond acceptors (Lipinski definition) is 5. The number of halogens is 4. The summed E-state index contributed by atoms with van der Waals surface area (Å²) in [5.74, 6) is -8.53. The smallest absolute Gasteiger partial charge is 0.258 e. The Bertz CT molecular complexity index is 551. The molecule has 1 aliphatic heterocycles. The van der Waals surface area contributed by atoms with Crippen molar-refractivity contribution < 1.29 is 22.5 Å². The first kappa shape index (κ1) is 13.0. The molecule has 0 aliphatic carbocycles. The van der Waals surface area contributed by atoms with E-state index in [9.17, 15) is 27.7 Å². The maximum atomic E-state index is 13.5. The van der Waals surface area contributed by atoms with Gasteiger partial charge in [-0.1, -0.05) is 0 Å². The third-order valence-corrected chi connectivity index (χ3v) is 3.14. The maximum Gasteiger partial charge on any atom is 0.346 e. The third kappa shape index (κ3) is 1.88. The fourth-order valence-corrected chi connectivity index (χ4v) is 2.34. The van der Waals surface area contributed by atoms with Gasteiger partial charge in [0.1, 0.15) is 0 Å². The highest BCUT2D eigenvalue weighted by Gasteiger charge is 2.36. The Kier molecular flexibility index (Phi) is 3.34. The summed E-state index contributed by atoms with van der Waals surface area (Å²) in [6.07, 6.45) is 0. The van der Waals surface area contributed by atoms with Crippen molar-refractivity contribution in [2.45, 2.75) is 0 Å². The Hall–Kier alpha value is -1.49. The quantitative estimate of drug-likeness (QED) is 0.210. The van der Waals surface area contributed by atoms with Gasteiger partial charge in [0.05, 0.1) is 32.4 Å². The summed E-state index contributed by atoms with van der Waals surface area (Å²) in [6, 6.07) is 0. The van der Waals surface area contributed by atoms with Crippen molar-refractivity contribution in [1.29, 1.82) is 0 Å². The van der Waals surface area contributed by atoms with Gasteiger partial charge in [0.15, 0.2) is 17.5 Å². The molecule has 1 radical (unpaired) electrons. The van der Waals surface area contributed by atoms with Crippen LogP contribution in [0, 0.1) is 33.4 Å². The molecule has 0 aromatic heterocycles. The van der Waals surface area contributed by atoms with Gasteiger partial charge in [-0.25, -0.2) is 8.78 Å². The van der Waals surface area contributed by atoms with E-state index in [1.165, 1.54) is 0 Å². The van der Waals surface area contributed by atoms with Crippen molar-refractivity contribution in [1.82, 2.24) is 4.72 Å². The van der Waals surface area contributed by atoms with Crippen molar-refractivity contribution in [3.63, 3.8) is 0 Å². The standard InChI is InChI=1S/C7F4N3O2S2/c8-2-1(7-12-17-18-13-7)3(9)5(11)6(4(2)10)14(15)16. The van der Waals surface area contributed by atoms with Crippen molar-refractivity contribution in [2.75, 3.05) is 0 Å². The van der Waals surface area contributed by atoms with E-state index in [1.807, 2.05) is 0 Å². The molecule has 1 aromatic carbocycles. The zero-order chi connectivity index (χ0) is 13.4. The number of nitro groups is 1. The number of nitrogens with zero attached hydrogens (tertiary/aromatic N) is 3. The lowest BCUT2D eigenvalue weighted by Gasteiger charge is -2.05. The molecule has 11 heteroatoms. The van der Waals surface area contributed by atoms with Crippen LogP contribution in [0.3, 0.4) is 0 Å². The van der Waals surface area contributed by atoms with Crippen LogP contribution in [0.15, 0.2) is 4.40 Å². The van der Waals surface area contributed by atoms with Crippen LogP contribution in [-0.2, 0) is 0 Å². The van der Waals surface area contributed by atoms with Gasteiger partial charge in [0.2, 0.25) is 11.6 Å². The zero-order valence-corrected chi connectivity index (χ0v) is 9.62. The largest absolute Gasteiger partial charge is 0.346 e. The molecule has 0 saturated heterocycles. The fraction of sp³-hybridized carbons (Fsp3) is 0. The highest BCUT2D eigenvalue weighted by atomic mass is 33.1. The van der Waals surface area contributed by atoms with Crippen molar-refractivity contribution in [3.05, 3.63) is 38.9 Å². The topological polar surface area (TPSA) is 69.6 Å². The molecule has 1 aromatic rings. The molecule has 0 amide bonds. The fourth-order valence-electron chi connectivity index (χ4n) is 1.19. The van der Waals surface area contributed by atoms with E-state index in [-0.39, 0.29) is 0 Å². The van der Waals surface area contributed by atoms with E-state index < -0.39 is 45.3 Å². The van der Waals surface area contributed by atoms with Crippen molar-refractivity contribution in [3.8, 4) is 0 Å². The van der Waals surface area contributed by atoms with E-state index >= 15 is 0 Å². The van der Waals surface area contributed by atoms with Crippen molar-refractivity contribution in [2.24, 2.45) is 4.40 Å². The Morgan fingerprint density at radius 3 is 1.94 bits per heavy atom. The van der Waals surface area contributed by atoms with Crippen molar-refractivity contribution >= 4 is 33.5 Å². The molecule has 0 bridgehead atoms. The van der Waals surface area contributed by atoms with E-state index in [1.54, 1.807) is 0 Å². The first-order valence-electron chi connectivity index (χ1n) is 4.07. The molecule has 1 heterocycles. The van der Waals surface area contributed by atoms with Gasteiger partial charge in [-0.2, -0.15) is 17.9 Å². The van der Waals surface area contributed by atoms with Gasteiger partial charge >= 0.3 is 5.69 Å². The van der Waals surface area contributed by atoms with Gasteiger partial charge in [-0.15, -0.1) is 0 Å². The summed E-state index contributed by atoms with van der Waals surface area (Å²) in [5, 5.41) is 10.3. The number of hydrogen-bond donors (Lipinski definition) is 0. The lowest BCUT2D eigenvalue weighted by atomic mass is 10.1. The van der Waals surface area contributed by atoms with E-state index in [2.05, 4.69) is 9.12 Å². The van der Waals surface area contributed by atoms with Crippen LogP contribution in [0.25, 0.3) is 0 Å². The highest BCUT2D eigenvalue weighted by Crippen LogP contribution is 2.34. The molecular weight excluding hydrogens is 298 g/mol. The molecule has 0 saturated carbocycles. The average molecular weight is 298 g/mol. The summed E-state index contributed by atoms with van der Waals surface area (Å²) in [4.78, 5) is 8.77. The molecule has 0 fully saturated rings. The molecule has 0 atom stereocenters. The molecule has 18 heavy (non-hydrogen) atoms. The molecule has 5 nitrogen and oxygen atoms in total. The molecule has 1 aliphatic rings. The molecule has 95 valence electrons. The summed E-state index contributed by atoms with van der Waals surface area (Å²) < 4.78 is 60.3. The Morgan fingerprint density at radius 1 is 1.00 bits per heavy atom. The van der Waals surface area contributed by atoms with E-state index in [0.29, 0.717) is 0 Å². The average Bonchev–Trinajstić information content (AvgIpc) is 2.80. The van der Waals surface area contributed by atoms with Gasteiger partial charge in [-0.3, -0.25) is 10.1 Å². The second kappa shape index (κ2) is 4.65. The van der Waals surface area contributed by atoms with Crippen LogP contribution in [-0.4, -0.2) is 10.8 Å². The summed E-state index contributed by atoms with van der Waals surface area (Å²) >= 11 is 0. The predicted molar refractivity (Wildman–Crippen MR) is 56.8 cm³/mol.